The van der Waals surface area contributed by atoms with Gasteiger partial charge in [0.1, 0.15) is 0 Å². The van der Waals surface area contributed by atoms with Gasteiger partial charge in [-0.3, -0.25) is 4.79 Å². The van der Waals surface area contributed by atoms with Crippen molar-refractivity contribution in [3.05, 3.63) is 95.6 Å². The number of carbonyl (C=O) groups is 1. The molecule has 31 heavy (non-hydrogen) atoms. The molecule has 4 nitrogen and oxygen atoms in total. The third kappa shape index (κ3) is 4.30. The fraction of sp³-hybridized carbons (Fsp3) is 0.115. The van der Waals surface area contributed by atoms with Gasteiger partial charge in [-0.2, -0.15) is 5.26 Å². The molecule has 3 aromatic carbocycles. The molecule has 4 aromatic rings. The molecule has 0 saturated heterocycles. The van der Waals surface area contributed by atoms with Crippen molar-refractivity contribution in [1.29, 1.82) is 5.26 Å². The van der Waals surface area contributed by atoms with E-state index in [-0.39, 0.29) is 5.91 Å². The van der Waals surface area contributed by atoms with Crippen LogP contribution in [-0.2, 0) is 6.42 Å². The standard InChI is InChI=1S/C26H21N3OS/c1-31-25-23(26(30)28-16-15-18-9-5-6-12-20(18)17-27)21-13-7-8-14-22(21)29-24(25)19-10-3-2-4-11-19/h2-14H,15-16H2,1H3,(H,28,30). The molecule has 0 aliphatic heterocycles. The topological polar surface area (TPSA) is 65.8 Å². The largest absolute Gasteiger partial charge is 0.352 e. The molecule has 0 spiro atoms. The Morgan fingerprint density at radius 3 is 2.48 bits per heavy atom. The Balaban J connectivity index is 1.70. The number of benzene rings is 3. The van der Waals surface area contributed by atoms with E-state index in [4.69, 9.17) is 4.98 Å². The highest BCUT2D eigenvalue weighted by Gasteiger charge is 2.21. The summed E-state index contributed by atoms with van der Waals surface area (Å²) in [5.41, 5.74) is 4.80. The van der Waals surface area contributed by atoms with Crippen LogP contribution in [0.2, 0.25) is 0 Å². The molecule has 152 valence electrons. The molecular formula is C26H21N3OS. The zero-order valence-electron chi connectivity index (χ0n) is 17.1. The van der Waals surface area contributed by atoms with E-state index in [0.29, 0.717) is 24.1 Å². The Bertz CT molecular complexity index is 1280. The van der Waals surface area contributed by atoms with Gasteiger partial charge >= 0.3 is 0 Å². The molecule has 1 amide bonds. The van der Waals surface area contributed by atoms with Crippen molar-refractivity contribution in [2.45, 2.75) is 11.3 Å². The average molecular weight is 424 g/mol. The van der Waals surface area contributed by atoms with Gasteiger partial charge in [0.2, 0.25) is 0 Å². The average Bonchev–Trinajstić information content (AvgIpc) is 2.83. The normalized spacial score (nSPS) is 10.6. The number of hydrogen-bond donors (Lipinski definition) is 1. The zero-order chi connectivity index (χ0) is 21.6. The molecule has 0 fully saturated rings. The van der Waals surface area contributed by atoms with Gasteiger partial charge in [0.25, 0.3) is 5.91 Å². The van der Waals surface area contributed by atoms with Crippen molar-refractivity contribution in [3.63, 3.8) is 0 Å². The summed E-state index contributed by atoms with van der Waals surface area (Å²) in [6, 6.07) is 27.4. The number of carbonyl (C=O) groups excluding carboxylic acids is 1. The summed E-state index contributed by atoms with van der Waals surface area (Å²) in [7, 11) is 0. The number of nitrogens with zero attached hydrogens (tertiary/aromatic N) is 2. The van der Waals surface area contributed by atoms with Crippen LogP contribution >= 0.6 is 11.8 Å². The highest BCUT2D eigenvalue weighted by molar-refractivity contribution is 7.98. The summed E-state index contributed by atoms with van der Waals surface area (Å²) in [6.07, 6.45) is 2.57. The van der Waals surface area contributed by atoms with Gasteiger partial charge in [0, 0.05) is 22.4 Å². The Labute approximate surface area is 185 Å². The third-order valence-electron chi connectivity index (χ3n) is 5.14. The van der Waals surface area contributed by atoms with Crippen molar-refractivity contribution in [3.8, 4) is 17.3 Å². The van der Waals surface area contributed by atoms with Crippen molar-refractivity contribution < 1.29 is 4.79 Å². The molecule has 0 aliphatic carbocycles. The van der Waals surface area contributed by atoms with Gasteiger partial charge in [-0.15, -0.1) is 11.8 Å². The summed E-state index contributed by atoms with van der Waals surface area (Å²) in [4.78, 5) is 19.1. The molecule has 0 aliphatic rings. The molecule has 0 bridgehead atoms. The summed E-state index contributed by atoms with van der Waals surface area (Å²) in [6.45, 7) is 0.447. The first-order valence-electron chi connectivity index (χ1n) is 10.0. The molecule has 0 unspecified atom stereocenters. The monoisotopic (exact) mass is 423 g/mol. The summed E-state index contributed by atoms with van der Waals surface area (Å²) in [5.74, 6) is -0.130. The minimum Gasteiger partial charge on any atom is -0.352 e. The highest BCUT2D eigenvalue weighted by Crippen LogP contribution is 2.35. The number of para-hydroxylation sites is 1. The van der Waals surface area contributed by atoms with E-state index in [0.717, 1.165) is 32.6 Å². The predicted molar refractivity (Wildman–Crippen MR) is 126 cm³/mol. The lowest BCUT2D eigenvalue weighted by atomic mass is 10.0. The first-order valence-corrected chi connectivity index (χ1v) is 11.2. The van der Waals surface area contributed by atoms with E-state index in [9.17, 15) is 10.1 Å². The molecular weight excluding hydrogens is 402 g/mol. The lowest BCUT2D eigenvalue weighted by Gasteiger charge is -2.16. The molecule has 5 heteroatoms. The SMILES string of the molecule is CSc1c(-c2ccccc2)nc2ccccc2c1C(=O)NCCc1ccccc1C#N. The fourth-order valence-corrected chi connectivity index (χ4v) is 4.42. The van der Waals surface area contributed by atoms with Gasteiger partial charge < -0.3 is 5.32 Å². The van der Waals surface area contributed by atoms with Crippen molar-refractivity contribution >= 4 is 28.6 Å². The maximum atomic E-state index is 13.3. The van der Waals surface area contributed by atoms with Gasteiger partial charge in [-0.1, -0.05) is 66.7 Å². The second-order valence-electron chi connectivity index (χ2n) is 7.03. The van der Waals surface area contributed by atoms with E-state index in [1.807, 2.05) is 79.1 Å². The minimum absolute atomic E-state index is 0.130. The van der Waals surface area contributed by atoms with E-state index in [2.05, 4.69) is 11.4 Å². The molecule has 1 N–H and O–H groups in total. The summed E-state index contributed by atoms with van der Waals surface area (Å²) < 4.78 is 0. The first kappa shape index (κ1) is 20.6. The lowest BCUT2D eigenvalue weighted by Crippen LogP contribution is -2.27. The number of hydrogen-bond acceptors (Lipinski definition) is 4. The first-order chi connectivity index (χ1) is 15.2. The number of rotatable bonds is 6. The number of thioether (sulfide) groups is 1. The molecule has 0 saturated carbocycles. The second-order valence-corrected chi connectivity index (χ2v) is 7.84. The quantitative estimate of drug-likeness (QED) is 0.418. The number of aromatic nitrogens is 1. The number of pyridine rings is 1. The number of nitriles is 1. The van der Waals surface area contributed by atoms with Crippen LogP contribution in [0.5, 0.6) is 0 Å². The molecule has 4 rings (SSSR count). The van der Waals surface area contributed by atoms with Crippen LogP contribution in [0.1, 0.15) is 21.5 Å². The van der Waals surface area contributed by atoms with Crippen LogP contribution in [0, 0.1) is 11.3 Å². The van der Waals surface area contributed by atoms with Crippen LogP contribution in [0.3, 0.4) is 0 Å². The fourth-order valence-electron chi connectivity index (χ4n) is 3.66. The number of fused-ring (bicyclic) bond motifs is 1. The zero-order valence-corrected chi connectivity index (χ0v) is 17.9. The van der Waals surface area contributed by atoms with Crippen molar-refractivity contribution in [2.24, 2.45) is 0 Å². The van der Waals surface area contributed by atoms with E-state index in [1.54, 1.807) is 6.07 Å². The van der Waals surface area contributed by atoms with Gasteiger partial charge in [0.05, 0.1) is 28.4 Å². The van der Waals surface area contributed by atoms with E-state index >= 15 is 0 Å². The predicted octanol–water partition coefficient (Wildman–Crippen LogP) is 5.47. The number of nitrogens with one attached hydrogen (secondary N) is 1. The lowest BCUT2D eigenvalue weighted by molar-refractivity contribution is 0.0953. The van der Waals surface area contributed by atoms with E-state index < -0.39 is 0 Å². The summed E-state index contributed by atoms with van der Waals surface area (Å²) in [5, 5.41) is 13.2. The van der Waals surface area contributed by atoms with Crippen LogP contribution in [0.25, 0.3) is 22.2 Å². The maximum Gasteiger partial charge on any atom is 0.253 e. The Morgan fingerprint density at radius 2 is 1.71 bits per heavy atom. The number of amides is 1. The third-order valence-corrected chi connectivity index (χ3v) is 5.95. The smallest absolute Gasteiger partial charge is 0.253 e. The molecule has 1 aromatic heterocycles. The van der Waals surface area contributed by atoms with Gasteiger partial charge in [-0.05, 0) is 30.4 Å². The molecule has 1 heterocycles. The Hall–Kier alpha value is -3.62. The van der Waals surface area contributed by atoms with E-state index in [1.165, 1.54) is 11.8 Å². The van der Waals surface area contributed by atoms with Crippen LogP contribution in [0.4, 0.5) is 0 Å². The van der Waals surface area contributed by atoms with Crippen LogP contribution in [-0.4, -0.2) is 23.7 Å². The van der Waals surface area contributed by atoms with Gasteiger partial charge in [-0.25, -0.2) is 4.98 Å². The second kappa shape index (κ2) is 9.46. The maximum absolute atomic E-state index is 13.3. The summed E-state index contributed by atoms with van der Waals surface area (Å²) >= 11 is 1.53. The van der Waals surface area contributed by atoms with Gasteiger partial charge in [0.15, 0.2) is 0 Å². The van der Waals surface area contributed by atoms with Crippen molar-refractivity contribution in [2.75, 3.05) is 12.8 Å². The van der Waals surface area contributed by atoms with Crippen LogP contribution < -0.4 is 5.32 Å². The molecule has 0 radical (unpaired) electrons. The van der Waals surface area contributed by atoms with Crippen LogP contribution in [0.15, 0.2) is 83.8 Å². The minimum atomic E-state index is -0.130. The Kier molecular flexibility index (Phi) is 6.30. The molecule has 0 atom stereocenters. The highest BCUT2D eigenvalue weighted by atomic mass is 32.2. The Morgan fingerprint density at radius 1 is 1.00 bits per heavy atom. The van der Waals surface area contributed by atoms with Crippen molar-refractivity contribution in [1.82, 2.24) is 10.3 Å².